The van der Waals surface area contributed by atoms with Crippen LogP contribution in [-0.4, -0.2) is 35.0 Å². The highest BCUT2D eigenvalue weighted by molar-refractivity contribution is 5.94. The van der Waals surface area contributed by atoms with Crippen LogP contribution in [0, 0.1) is 0 Å². The highest BCUT2D eigenvalue weighted by atomic mass is 16.3. The van der Waals surface area contributed by atoms with Crippen LogP contribution in [0.1, 0.15) is 29.0 Å². The summed E-state index contributed by atoms with van der Waals surface area (Å²) in [5.41, 5.74) is 5.99. The third-order valence-electron chi connectivity index (χ3n) is 3.71. The maximum absolute atomic E-state index is 12.2. The van der Waals surface area contributed by atoms with Crippen LogP contribution >= 0.6 is 0 Å². The molecule has 116 valence electrons. The van der Waals surface area contributed by atoms with Gasteiger partial charge in [-0.15, -0.1) is 0 Å². The first-order valence-electron chi connectivity index (χ1n) is 7.36. The Bertz CT molecular complexity index is 628. The number of rotatable bonds is 4. The van der Waals surface area contributed by atoms with Gasteiger partial charge in [0.1, 0.15) is 12.0 Å². The van der Waals surface area contributed by atoms with Gasteiger partial charge in [0.25, 0.3) is 5.91 Å². The molecule has 0 bridgehead atoms. The van der Waals surface area contributed by atoms with Crippen LogP contribution in [-0.2, 0) is 6.54 Å². The number of anilines is 1. The molecule has 1 aliphatic rings. The van der Waals surface area contributed by atoms with E-state index >= 15 is 0 Å². The van der Waals surface area contributed by atoms with E-state index in [1.165, 1.54) is 6.26 Å². The van der Waals surface area contributed by atoms with Gasteiger partial charge >= 0.3 is 0 Å². The molecule has 3 heterocycles. The molecule has 7 nitrogen and oxygen atoms in total. The minimum atomic E-state index is -0.135. The summed E-state index contributed by atoms with van der Waals surface area (Å²) in [5, 5.41) is 3.04. The van der Waals surface area contributed by atoms with Gasteiger partial charge in [0.05, 0.1) is 12.1 Å². The van der Waals surface area contributed by atoms with E-state index in [4.69, 9.17) is 10.2 Å². The van der Waals surface area contributed by atoms with E-state index in [1.807, 2.05) is 0 Å². The molecule has 3 rings (SSSR count). The average Bonchev–Trinajstić information content (AvgIpc) is 3.05. The topological polar surface area (TPSA) is 97.3 Å². The molecule has 1 saturated heterocycles. The molecule has 2 aromatic rings. The zero-order valence-electron chi connectivity index (χ0n) is 12.2. The lowest BCUT2D eigenvalue weighted by Crippen LogP contribution is -2.48. The summed E-state index contributed by atoms with van der Waals surface area (Å²) in [5.74, 6) is 1.17. The van der Waals surface area contributed by atoms with Crippen LogP contribution in [0.5, 0.6) is 0 Å². The molecule has 3 N–H and O–H groups in total. The highest BCUT2D eigenvalue weighted by Gasteiger charge is 2.23. The van der Waals surface area contributed by atoms with Crippen molar-refractivity contribution >= 4 is 11.9 Å². The van der Waals surface area contributed by atoms with Crippen LogP contribution in [0.2, 0.25) is 0 Å². The number of hydrogen-bond acceptors (Lipinski definition) is 6. The summed E-state index contributed by atoms with van der Waals surface area (Å²) in [4.78, 5) is 22.8. The third-order valence-corrected chi connectivity index (χ3v) is 3.71. The third kappa shape index (κ3) is 3.25. The number of amides is 1. The number of nitrogens with zero attached hydrogens (tertiary/aromatic N) is 3. The molecule has 1 aliphatic heterocycles. The quantitative estimate of drug-likeness (QED) is 0.872. The van der Waals surface area contributed by atoms with E-state index in [9.17, 15) is 4.79 Å². The van der Waals surface area contributed by atoms with Gasteiger partial charge in [0, 0.05) is 31.5 Å². The van der Waals surface area contributed by atoms with Gasteiger partial charge in [-0.05, 0) is 25.0 Å². The van der Waals surface area contributed by atoms with Crippen molar-refractivity contribution < 1.29 is 9.21 Å². The molecule has 0 saturated carbocycles. The normalized spacial score (nSPS) is 18.2. The summed E-state index contributed by atoms with van der Waals surface area (Å²) >= 11 is 0. The highest BCUT2D eigenvalue weighted by Crippen LogP contribution is 2.16. The van der Waals surface area contributed by atoms with Crippen molar-refractivity contribution in [2.24, 2.45) is 5.73 Å². The second kappa shape index (κ2) is 6.57. The molecule has 1 atom stereocenters. The van der Waals surface area contributed by atoms with Crippen molar-refractivity contribution in [2.75, 3.05) is 18.0 Å². The Morgan fingerprint density at radius 1 is 1.45 bits per heavy atom. The Kier molecular flexibility index (Phi) is 4.34. The van der Waals surface area contributed by atoms with Gasteiger partial charge in [0.15, 0.2) is 0 Å². The molecule has 2 aromatic heterocycles. The minimum Gasteiger partial charge on any atom is -0.467 e. The first-order valence-corrected chi connectivity index (χ1v) is 7.36. The van der Waals surface area contributed by atoms with E-state index in [1.54, 1.807) is 24.5 Å². The number of furan rings is 1. The van der Waals surface area contributed by atoms with Crippen LogP contribution in [0.25, 0.3) is 0 Å². The van der Waals surface area contributed by atoms with E-state index in [0.717, 1.165) is 19.4 Å². The van der Waals surface area contributed by atoms with Gasteiger partial charge in [-0.1, -0.05) is 0 Å². The fraction of sp³-hybridized carbons (Fsp3) is 0.400. The van der Waals surface area contributed by atoms with Gasteiger partial charge in [-0.25, -0.2) is 9.97 Å². The molecule has 0 aliphatic carbocycles. The van der Waals surface area contributed by atoms with E-state index in [-0.39, 0.29) is 18.5 Å². The first kappa shape index (κ1) is 14.5. The number of hydrogen-bond donors (Lipinski definition) is 2. The van der Waals surface area contributed by atoms with Crippen molar-refractivity contribution in [2.45, 2.75) is 25.4 Å². The number of carbonyl (C=O) groups is 1. The Balaban J connectivity index is 1.61. The monoisotopic (exact) mass is 301 g/mol. The summed E-state index contributed by atoms with van der Waals surface area (Å²) < 4.78 is 5.20. The van der Waals surface area contributed by atoms with Gasteiger partial charge in [-0.2, -0.15) is 0 Å². The SMILES string of the molecule is NCc1cc(C(=O)NC2CCCN(c3ncccn3)C2)co1. The molecule has 1 fully saturated rings. The van der Waals surface area contributed by atoms with Gasteiger partial charge in [-0.3, -0.25) is 4.79 Å². The molecule has 0 radical (unpaired) electrons. The number of nitrogens with two attached hydrogens (primary N) is 1. The lowest BCUT2D eigenvalue weighted by Gasteiger charge is -2.32. The van der Waals surface area contributed by atoms with Crippen molar-refractivity contribution in [1.29, 1.82) is 0 Å². The second-order valence-corrected chi connectivity index (χ2v) is 5.31. The number of nitrogens with one attached hydrogen (secondary N) is 1. The number of piperidine rings is 1. The molecule has 1 amide bonds. The predicted octanol–water partition coefficient (Wildman–Crippen LogP) is 0.927. The second-order valence-electron chi connectivity index (χ2n) is 5.31. The molecule has 22 heavy (non-hydrogen) atoms. The largest absolute Gasteiger partial charge is 0.467 e. The Hall–Kier alpha value is -2.41. The first-order chi connectivity index (χ1) is 10.8. The number of carbonyl (C=O) groups excluding carboxylic acids is 1. The fourth-order valence-electron chi connectivity index (χ4n) is 2.61. The smallest absolute Gasteiger partial charge is 0.254 e. The standard InChI is InChI=1S/C15H19N5O2/c16-8-13-7-11(10-22-13)14(21)19-12-3-1-6-20(9-12)15-17-4-2-5-18-15/h2,4-5,7,10,12H,1,3,6,8-9,16H2,(H,19,21). The molecular formula is C15H19N5O2. The van der Waals surface area contributed by atoms with Crippen LogP contribution in [0.3, 0.4) is 0 Å². The van der Waals surface area contributed by atoms with Crippen molar-refractivity contribution in [1.82, 2.24) is 15.3 Å². The predicted molar refractivity (Wildman–Crippen MR) is 81.3 cm³/mol. The fourth-order valence-corrected chi connectivity index (χ4v) is 2.61. The van der Waals surface area contributed by atoms with Gasteiger partial charge < -0.3 is 20.4 Å². The van der Waals surface area contributed by atoms with Crippen LogP contribution in [0.4, 0.5) is 5.95 Å². The zero-order valence-corrected chi connectivity index (χ0v) is 12.2. The van der Waals surface area contributed by atoms with E-state index in [0.29, 0.717) is 23.8 Å². The Morgan fingerprint density at radius 3 is 3.00 bits per heavy atom. The molecule has 1 unspecified atom stereocenters. The minimum absolute atomic E-state index is 0.0706. The molecule has 0 spiro atoms. The van der Waals surface area contributed by atoms with E-state index < -0.39 is 0 Å². The average molecular weight is 301 g/mol. The summed E-state index contributed by atoms with van der Waals surface area (Å²) in [7, 11) is 0. The van der Waals surface area contributed by atoms with E-state index in [2.05, 4.69) is 20.2 Å². The zero-order chi connectivity index (χ0) is 15.4. The summed E-state index contributed by atoms with van der Waals surface area (Å²) in [6.45, 7) is 1.90. The summed E-state index contributed by atoms with van der Waals surface area (Å²) in [6, 6.07) is 3.54. The lowest BCUT2D eigenvalue weighted by atomic mass is 10.1. The van der Waals surface area contributed by atoms with Crippen molar-refractivity contribution in [3.63, 3.8) is 0 Å². The maximum atomic E-state index is 12.2. The Labute approximate surface area is 128 Å². The molecule has 0 aromatic carbocycles. The van der Waals surface area contributed by atoms with Crippen molar-refractivity contribution in [3.8, 4) is 0 Å². The lowest BCUT2D eigenvalue weighted by molar-refractivity contribution is 0.0932. The van der Waals surface area contributed by atoms with Crippen LogP contribution < -0.4 is 16.0 Å². The van der Waals surface area contributed by atoms with Crippen LogP contribution in [0.15, 0.2) is 35.2 Å². The van der Waals surface area contributed by atoms with Gasteiger partial charge in [0.2, 0.25) is 5.95 Å². The molecular weight excluding hydrogens is 282 g/mol. The summed E-state index contributed by atoms with van der Waals surface area (Å²) in [6.07, 6.45) is 6.83. The Morgan fingerprint density at radius 2 is 2.27 bits per heavy atom. The number of aromatic nitrogens is 2. The van der Waals surface area contributed by atoms with Crippen molar-refractivity contribution in [3.05, 3.63) is 42.1 Å². The molecule has 7 heteroatoms. The maximum Gasteiger partial charge on any atom is 0.254 e.